The van der Waals surface area contributed by atoms with Crippen molar-refractivity contribution >= 4 is 17.6 Å². The zero-order chi connectivity index (χ0) is 19.4. The van der Waals surface area contributed by atoms with Crippen LogP contribution < -0.4 is 5.32 Å². The van der Waals surface area contributed by atoms with Crippen molar-refractivity contribution < 1.29 is 31.9 Å². The van der Waals surface area contributed by atoms with Gasteiger partial charge in [-0.05, 0) is 36.4 Å². The normalized spacial score (nSPS) is 10.5. The fourth-order valence-corrected chi connectivity index (χ4v) is 2.24. The third-order valence-electron chi connectivity index (χ3n) is 3.48. The van der Waals surface area contributed by atoms with Crippen molar-refractivity contribution in [2.24, 2.45) is 0 Å². The maximum absolute atomic E-state index is 13.7. The average Bonchev–Trinajstić information content (AvgIpc) is 3.13. The number of rotatable bonds is 5. The summed E-state index contributed by atoms with van der Waals surface area (Å²) < 4.78 is 50.2. The average molecular weight is 375 g/mol. The number of hydrogen-bond donors (Lipinski definition) is 1. The van der Waals surface area contributed by atoms with Crippen molar-refractivity contribution in [3.63, 3.8) is 0 Å². The van der Waals surface area contributed by atoms with E-state index in [0.717, 1.165) is 18.2 Å². The monoisotopic (exact) mass is 375 g/mol. The Kier molecular flexibility index (Phi) is 5.25. The number of amides is 1. The first-order valence-corrected chi connectivity index (χ1v) is 7.71. The zero-order valence-corrected chi connectivity index (χ0v) is 13.7. The highest BCUT2D eigenvalue weighted by atomic mass is 19.1. The molecule has 0 aliphatic carbocycles. The summed E-state index contributed by atoms with van der Waals surface area (Å²) in [5, 5.41) is 2.09. The van der Waals surface area contributed by atoms with Gasteiger partial charge in [-0.2, -0.15) is 0 Å². The first kappa shape index (κ1) is 18.2. The Morgan fingerprint density at radius 3 is 2.52 bits per heavy atom. The molecule has 0 radical (unpaired) electrons. The first-order valence-electron chi connectivity index (χ1n) is 7.71. The van der Waals surface area contributed by atoms with E-state index < -0.39 is 35.9 Å². The van der Waals surface area contributed by atoms with Crippen LogP contribution >= 0.6 is 0 Å². The van der Waals surface area contributed by atoms with E-state index in [1.165, 1.54) is 30.3 Å². The van der Waals surface area contributed by atoms with Crippen molar-refractivity contribution in [2.45, 2.75) is 0 Å². The molecule has 0 aliphatic rings. The van der Waals surface area contributed by atoms with E-state index in [0.29, 0.717) is 0 Å². The van der Waals surface area contributed by atoms with E-state index in [9.17, 15) is 22.8 Å². The lowest BCUT2D eigenvalue weighted by Crippen LogP contribution is -2.21. The number of anilines is 1. The number of nitrogens with one attached hydrogen (secondary N) is 1. The van der Waals surface area contributed by atoms with Gasteiger partial charge in [0.25, 0.3) is 5.91 Å². The van der Waals surface area contributed by atoms with E-state index in [1.54, 1.807) is 6.07 Å². The fourth-order valence-electron chi connectivity index (χ4n) is 2.24. The molecule has 0 bridgehead atoms. The van der Waals surface area contributed by atoms with Crippen LogP contribution in [-0.2, 0) is 9.53 Å². The predicted molar refractivity (Wildman–Crippen MR) is 89.4 cm³/mol. The number of halogens is 3. The smallest absolute Gasteiger partial charge is 0.374 e. The van der Waals surface area contributed by atoms with Crippen LogP contribution in [0.1, 0.15) is 10.6 Å². The summed E-state index contributed by atoms with van der Waals surface area (Å²) in [6.45, 7) is -0.746. The lowest BCUT2D eigenvalue weighted by molar-refractivity contribution is -0.119. The van der Waals surface area contributed by atoms with E-state index in [4.69, 9.17) is 9.15 Å². The molecule has 0 spiro atoms. The number of benzene rings is 2. The van der Waals surface area contributed by atoms with Crippen LogP contribution in [0.4, 0.5) is 18.9 Å². The van der Waals surface area contributed by atoms with Gasteiger partial charge in [0, 0.05) is 6.07 Å². The minimum absolute atomic E-state index is 0.117. The molecule has 3 rings (SSSR count). The lowest BCUT2D eigenvalue weighted by atomic mass is 10.1. The molecule has 0 saturated carbocycles. The van der Waals surface area contributed by atoms with E-state index >= 15 is 0 Å². The fraction of sp³-hybridized carbons (Fsp3) is 0.0526. The third kappa shape index (κ3) is 4.35. The number of ether oxygens (including phenoxy) is 1. The topological polar surface area (TPSA) is 68.5 Å². The maximum Gasteiger partial charge on any atom is 0.374 e. The Labute approximate surface area is 151 Å². The molecular formula is C19H12F3NO4. The van der Waals surface area contributed by atoms with Crippen LogP contribution in [0.25, 0.3) is 11.3 Å². The molecule has 1 heterocycles. The largest absolute Gasteiger partial charge is 0.450 e. The zero-order valence-electron chi connectivity index (χ0n) is 13.7. The summed E-state index contributed by atoms with van der Waals surface area (Å²) in [6.07, 6.45) is 0. The maximum atomic E-state index is 13.7. The molecule has 3 aromatic rings. The Bertz CT molecular complexity index is 1000. The van der Waals surface area contributed by atoms with E-state index in [1.807, 2.05) is 0 Å². The molecule has 0 fully saturated rings. The van der Waals surface area contributed by atoms with Gasteiger partial charge in [0.1, 0.15) is 23.2 Å². The molecule has 5 nitrogen and oxygen atoms in total. The molecule has 1 amide bonds. The van der Waals surface area contributed by atoms with Gasteiger partial charge in [0.15, 0.2) is 6.61 Å². The SMILES string of the molecule is O=C(COC(=O)c1ccc(-c2ccccc2F)o1)Nc1cc(F)ccc1F. The summed E-state index contributed by atoms with van der Waals surface area (Å²) in [6, 6.07) is 11.0. The van der Waals surface area contributed by atoms with Crippen molar-refractivity contribution in [3.8, 4) is 11.3 Å². The summed E-state index contributed by atoms with van der Waals surface area (Å²) in [4.78, 5) is 23.7. The Morgan fingerprint density at radius 1 is 0.963 bits per heavy atom. The van der Waals surface area contributed by atoms with Gasteiger partial charge >= 0.3 is 5.97 Å². The van der Waals surface area contributed by atoms with Crippen molar-refractivity contribution in [1.29, 1.82) is 0 Å². The molecule has 8 heteroatoms. The number of carbonyl (C=O) groups is 2. The van der Waals surface area contributed by atoms with Gasteiger partial charge in [0.05, 0.1) is 11.3 Å². The van der Waals surface area contributed by atoms with Crippen molar-refractivity contribution in [2.75, 3.05) is 11.9 Å². The second-order valence-electron chi connectivity index (χ2n) is 5.39. The van der Waals surface area contributed by atoms with Gasteiger partial charge in [-0.3, -0.25) is 4.79 Å². The van der Waals surface area contributed by atoms with E-state index in [-0.39, 0.29) is 22.8 Å². The number of hydrogen-bond acceptors (Lipinski definition) is 4. The minimum Gasteiger partial charge on any atom is -0.450 e. The van der Waals surface area contributed by atoms with Crippen LogP contribution in [0.2, 0.25) is 0 Å². The molecule has 2 aromatic carbocycles. The lowest BCUT2D eigenvalue weighted by Gasteiger charge is -2.07. The highest BCUT2D eigenvalue weighted by Crippen LogP contribution is 2.25. The third-order valence-corrected chi connectivity index (χ3v) is 3.48. The standard InChI is InChI=1S/C19H12F3NO4/c20-11-5-6-14(22)15(9-11)23-18(24)10-26-19(25)17-8-7-16(27-17)12-3-1-2-4-13(12)21/h1-9H,10H2,(H,23,24). The molecule has 1 aromatic heterocycles. The molecule has 0 aliphatic heterocycles. The van der Waals surface area contributed by atoms with Crippen LogP contribution in [-0.4, -0.2) is 18.5 Å². The molecule has 138 valence electrons. The van der Waals surface area contributed by atoms with E-state index in [2.05, 4.69) is 5.32 Å². The van der Waals surface area contributed by atoms with Crippen molar-refractivity contribution in [1.82, 2.24) is 0 Å². The van der Waals surface area contributed by atoms with Crippen LogP contribution in [0, 0.1) is 17.5 Å². The van der Waals surface area contributed by atoms with Gasteiger partial charge in [-0.25, -0.2) is 18.0 Å². The second-order valence-corrected chi connectivity index (χ2v) is 5.39. The number of furan rings is 1. The number of esters is 1. The molecule has 1 N–H and O–H groups in total. The predicted octanol–water partition coefficient (Wildman–Crippen LogP) is 4.16. The molecule has 0 saturated heterocycles. The first-order chi connectivity index (χ1) is 12.9. The van der Waals surface area contributed by atoms with Crippen LogP contribution in [0.3, 0.4) is 0 Å². The Hall–Kier alpha value is -3.55. The summed E-state index contributed by atoms with van der Waals surface area (Å²) in [5.74, 6) is -4.05. The van der Waals surface area contributed by atoms with Gasteiger partial charge in [0.2, 0.25) is 5.76 Å². The molecular weight excluding hydrogens is 363 g/mol. The summed E-state index contributed by atoms with van der Waals surface area (Å²) in [7, 11) is 0. The molecule has 27 heavy (non-hydrogen) atoms. The van der Waals surface area contributed by atoms with Crippen LogP contribution in [0.5, 0.6) is 0 Å². The van der Waals surface area contributed by atoms with Crippen molar-refractivity contribution in [3.05, 3.63) is 77.8 Å². The highest BCUT2D eigenvalue weighted by Gasteiger charge is 2.17. The molecule has 0 atom stereocenters. The molecule has 0 unspecified atom stereocenters. The quantitative estimate of drug-likeness (QED) is 0.680. The Balaban J connectivity index is 1.60. The van der Waals surface area contributed by atoms with Crippen LogP contribution in [0.15, 0.2) is 59.0 Å². The highest BCUT2D eigenvalue weighted by molar-refractivity contribution is 5.94. The Morgan fingerprint density at radius 2 is 1.74 bits per heavy atom. The van der Waals surface area contributed by atoms with Gasteiger partial charge < -0.3 is 14.5 Å². The van der Waals surface area contributed by atoms with Gasteiger partial charge in [-0.15, -0.1) is 0 Å². The minimum atomic E-state index is -0.965. The van der Waals surface area contributed by atoms with Gasteiger partial charge in [-0.1, -0.05) is 12.1 Å². The summed E-state index contributed by atoms with van der Waals surface area (Å²) in [5.41, 5.74) is -0.216. The number of carbonyl (C=O) groups excluding carboxylic acids is 2. The second kappa shape index (κ2) is 7.77. The summed E-state index contributed by atoms with van der Waals surface area (Å²) >= 11 is 0.